The van der Waals surface area contributed by atoms with Crippen LogP contribution < -0.4 is 26.0 Å². The van der Waals surface area contributed by atoms with Crippen molar-refractivity contribution in [2.24, 2.45) is 5.41 Å². The molecule has 0 bridgehead atoms. The van der Waals surface area contributed by atoms with E-state index < -0.39 is 24.3 Å². The van der Waals surface area contributed by atoms with Crippen LogP contribution >= 0.6 is 0 Å². The van der Waals surface area contributed by atoms with Crippen LogP contribution in [0.5, 0.6) is 5.88 Å². The van der Waals surface area contributed by atoms with Crippen LogP contribution in [0, 0.1) is 12.3 Å². The van der Waals surface area contributed by atoms with Crippen molar-refractivity contribution in [2.45, 2.75) is 63.9 Å². The lowest BCUT2D eigenvalue weighted by molar-refractivity contribution is -0.198. The maximum Gasteiger partial charge on any atom is 0.429 e. The summed E-state index contributed by atoms with van der Waals surface area (Å²) in [6.07, 6.45) is -3.07. The average molecular weight is 693 g/mol. The average Bonchev–Trinajstić information content (AvgIpc) is 3.69. The molecule has 2 aromatic carbocycles. The number of aromatic nitrogens is 4. The zero-order valence-electron chi connectivity index (χ0n) is 27.9. The molecular formula is C35H39F3N8O4. The number of hydrogen-bond donors (Lipinski definition) is 4. The Morgan fingerprint density at radius 2 is 1.80 bits per heavy atom. The number of benzene rings is 2. The molecule has 5 N–H and O–H groups in total. The van der Waals surface area contributed by atoms with Gasteiger partial charge in [0.1, 0.15) is 11.9 Å². The molecule has 2 saturated heterocycles. The summed E-state index contributed by atoms with van der Waals surface area (Å²) < 4.78 is 51.8. The van der Waals surface area contributed by atoms with Gasteiger partial charge in [-0.1, -0.05) is 31.2 Å². The fraction of sp³-hybridized carbons (Fsp3) is 0.400. The molecule has 50 heavy (non-hydrogen) atoms. The van der Waals surface area contributed by atoms with E-state index in [1.807, 2.05) is 11.8 Å². The summed E-state index contributed by atoms with van der Waals surface area (Å²) in [5.41, 5.74) is 8.12. The fourth-order valence-electron chi connectivity index (χ4n) is 7.20. The third-order valence-corrected chi connectivity index (χ3v) is 9.77. The smallest absolute Gasteiger partial charge is 0.429 e. The van der Waals surface area contributed by atoms with Crippen LogP contribution in [0.25, 0.3) is 16.8 Å². The summed E-state index contributed by atoms with van der Waals surface area (Å²) in [4.78, 5) is 34.0. The molecule has 0 radical (unpaired) electrons. The molecule has 2 aliphatic rings. The van der Waals surface area contributed by atoms with Crippen molar-refractivity contribution in [3.8, 4) is 22.7 Å². The van der Waals surface area contributed by atoms with E-state index in [1.165, 1.54) is 23.9 Å². The molecule has 2 aliphatic heterocycles. The predicted molar refractivity (Wildman–Crippen MR) is 180 cm³/mol. The fourth-order valence-corrected chi connectivity index (χ4v) is 7.20. The van der Waals surface area contributed by atoms with Crippen molar-refractivity contribution >= 4 is 23.6 Å². The predicted octanol–water partition coefficient (Wildman–Crippen LogP) is 5.07. The van der Waals surface area contributed by atoms with Gasteiger partial charge in [-0.15, -0.1) is 0 Å². The Labute approximate surface area is 286 Å². The van der Waals surface area contributed by atoms with Crippen LogP contribution in [0.15, 0.2) is 60.8 Å². The number of carbonyl (C=O) groups excluding carboxylic acids is 1. The van der Waals surface area contributed by atoms with E-state index in [1.54, 1.807) is 55.6 Å². The van der Waals surface area contributed by atoms with Gasteiger partial charge < -0.3 is 31.1 Å². The molecule has 2 fully saturated rings. The van der Waals surface area contributed by atoms with Crippen molar-refractivity contribution in [1.29, 1.82) is 0 Å². The molecule has 2 unspecified atom stereocenters. The number of alkyl halides is 3. The Bertz CT molecular complexity index is 1870. The van der Waals surface area contributed by atoms with E-state index in [0.717, 1.165) is 6.42 Å². The Hall–Kier alpha value is -5.18. The summed E-state index contributed by atoms with van der Waals surface area (Å²) in [6.45, 7) is 4.79. The molecule has 0 aliphatic carbocycles. The summed E-state index contributed by atoms with van der Waals surface area (Å²) >= 11 is 0. The van der Waals surface area contributed by atoms with Gasteiger partial charge in [-0.25, -0.2) is 4.68 Å². The molecule has 12 nitrogen and oxygen atoms in total. The van der Waals surface area contributed by atoms with Crippen LogP contribution in [-0.4, -0.2) is 75.1 Å². The Kier molecular flexibility index (Phi) is 9.44. The number of nitrogen functional groups attached to an aromatic ring is 1. The molecule has 1 amide bonds. The molecule has 0 saturated carbocycles. The monoisotopic (exact) mass is 692 g/mol. The number of nitrogens with one attached hydrogen (secondary N) is 2. The zero-order valence-corrected chi connectivity index (χ0v) is 27.9. The summed E-state index contributed by atoms with van der Waals surface area (Å²) in [7, 11) is 1.53. The van der Waals surface area contributed by atoms with Crippen LogP contribution in [0.1, 0.15) is 60.3 Å². The summed E-state index contributed by atoms with van der Waals surface area (Å²) in [5.74, 6) is -1.38. The van der Waals surface area contributed by atoms with E-state index in [0.29, 0.717) is 60.6 Å². The maximum atomic E-state index is 14.9. The Balaban J connectivity index is 1.30. The van der Waals surface area contributed by atoms with Gasteiger partial charge in [-0.2, -0.15) is 28.2 Å². The van der Waals surface area contributed by atoms with E-state index in [4.69, 9.17) is 10.5 Å². The van der Waals surface area contributed by atoms with E-state index >= 15 is 0 Å². The van der Waals surface area contributed by atoms with Crippen LogP contribution in [0.3, 0.4) is 0 Å². The van der Waals surface area contributed by atoms with E-state index in [2.05, 4.69) is 25.7 Å². The second-order valence-corrected chi connectivity index (χ2v) is 12.9. The van der Waals surface area contributed by atoms with Crippen molar-refractivity contribution in [1.82, 2.24) is 30.4 Å². The Morgan fingerprint density at radius 3 is 2.40 bits per heavy atom. The number of ether oxygens (including phenoxy) is 1. The van der Waals surface area contributed by atoms with E-state index in [-0.39, 0.29) is 40.4 Å². The number of piperidine rings is 1. The third-order valence-electron chi connectivity index (χ3n) is 9.77. The van der Waals surface area contributed by atoms with Gasteiger partial charge in [-0.05, 0) is 73.4 Å². The summed E-state index contributed by atoms with van der Waals surface area (Å²) in [5, 5.41) is 19.8. The standard InChI is InChI=1S/C35H39F3N8O4/c1-4-27-34(19-25(41-27)32(48)49)12-15-45(16-13-34)28-18-29(43-33(39)42-28)50-30(35(36,37)38)24-10-9-23(17-26(24)46-14-11-20(2)44-46)21-5-7-22(8-6-21)31(47)40-3/h5-11,14,17-18,25,27,30,41H,4,12-13,15-16,19H2,1-3H3,(H,40,47)(H,48,49)(H2,39,42,43)/t25?,27?,30-/m1/s1. The lowest BCUT2D eigenvalue weighted by Gasteiger charge is -2.43. The number of aryl methyl sites for hydroxylation is 1. The minimum Gasteiger partial charge on any atom is -0.480 e. The number of amides is 1. The largest absolute Gasteiger partial charge is 0.480 e. The molecule has 2 aromatic heterocycles. The number of nitrogens with zero attached hydrogens (tertiary/aromatic N) is 5. The highest BCUT2D eigenvalue weighted by Gasteiger charge is 2.50. The maximum absolute atomic E-state index is 14.9. The molecule has 4 aromatic rings. The minimum absolute atomic E-state index is 0.0498. The van der Waals surface area contributed by atoms with Crippen molar-refractivity contribution in [2.75, 3.05) is 30.8 Å². The number of rotatable bonds is 9. The first-order valence-corrected chi connectivity index (χ1v) is 16.4. The zero-order chi connectivity index (χ0) is 35.8. The highest BCUT2D eigenvalue weighted by atomic mass is 19.4. The highest BCUT2D eigenvalue weighted by molar-refractivity contribution is 5.94. The van der Waals surface area contributed by atoms with Gasteiger partial charge in [0.15, 0.2) is 0 Å². The van der Waals surface area contributed by atoms with Crippen LogP contribution in [-0.2, 0) is 4.79 Å². The highest BCUT2D eigenvalue weighted by Crippen LogP contribution is 2.46. The van der Waals surface area contributed by atoms with Crippen molar-refractivity contribution in [3.05, 3.63) is 77.6 Å². The summed E-state index contributed by atoms with van der Waals surface area (Å²) in [6, 6.07) is 13.7. The van der Waals surface area contributed by atoms with Gasteiger partial charge in [0.05, 0.1) is 11.4 Å². The molecule has 264 valence electrons. The van der Waals surface area contributed by atoms with Gasteiger partial charge in [0.2, 0.25) is 17.9 Å². The number of halogens is 3. The first-order valence-electron chi connectivity index (χ1n) is 16.4. The van der Waals surface area contributed by atoms with Gasteiger partial charge in [0.25, 0.3) is 5.91 Å². The normalized spacial score (nSPS) is 19.4. The molecule has 1 spiro atoms. The number of aliphatic carboxylic acids is 1. The third kappa shape index (κ3) is 6.95. The number of nitrogens with two attached hydrogens (primary N) is 1. The van der Waals surface area contributed by atoms with Crippen molar-refractivity contribution < 1.29 is 32.6 Å². The van der Waals surface area contributed by atoms with E-state index in [9.17, 15) is 27.9 Å². The van der Waals surface area contributed by atoms with Crippen molar-refractivity contribution in [3.63, 3.8) is 0 Å². The van der Waals surface area contributed by atoms with Gasteiger partial charge in [0, 0.05) is 49.6 Å². The lowest BCUT2D eigenvalue weighted by atomic mass is 9.71. The van der Waals surface area contributed by atoms with Crippen LogP contribution in [0.4, 0.5) is 24.9 Å². The number of anilines is 2. The second kappa shape index (κ2) is 13.6. The minimum atomic E-state index is -4.86. The van der Waals surface area contributed by atoms with Gasteiger partial charge in [-0.3, -0.25) is 9.59 Å². The molecular weight excluding hydrogens is 653 g/mol. The van der Waals surface area contributed by atoms with Crippen LogP contribution in [0.2, 0.25) is 0 Å². The molecule has 3 atom stereocenters. The number of carboxylic acid groups (broad SMARTS) is 1. The Morgan fingerprint density at radius 1 is 1.10 bits per heavy atom. The molecule has 15 heteroatoms. The SMILES string of the molecule is CCC1NC(C(=O)O)CC12CCN(c1cc(O[C@H](c3ccc(-c4ccc(C(=O)NC)cc4)cc3-n3ccc(C)n3)C(F)(F)F)nc(N)n1)CC2. The lowest BCUT2D eigenvalue weighted by Crippen LogP contribution is -2.46. The first kappa shape index (κ1) is 34.7. The first-order chi connectivity index (χ1) is 23.8. The number of carbonyl (C=O) groups is 2. The number of hydrogen-bond acceptors (Lipinski definition) is 9. The molecule has 4 heterocycles. The quantitative estimate of drug-likeness (QED) is 0.186. The topological polar surface area (TPSA) is 161 Å². The molecule has 6 rings (SSSR count). The number of carboxylic acids is 1. The van der Waals surface area contributed by atoms with Gasteiger partial charge >= 0.3 is 12.1 Å². The second-order valence-electron chi connectivity index (χ2n) is 12.9.